The first kappa shape index (κ1) is 25.4. The van der Waals surface area contributed by atoms with Crippen molar-refractivity contribution >= 4 is 28.6 Å². The summed E-state index contributed by atoms with van der Waals surface area (Å²) in [6, 6.07) is 9.14. The van der Waals surface area contributed by atoms with Crippen LogP contribution in [0.2, 0.25) is 0 Å². The summed E-state index contributed by atoms with van der Waals surface area (Å²) in [5, 5.41) is 0.151. The number of ether oxygens (including phenoxy) is 4. The number of hydrogen-bond acceptors (Lipinski definition) is 8. The zero-order valence-electron chi connectivity index (χ0n) is 20.3. The molecule has 0 spiro atoms. The molecule has 0 saturated carbocycles. The molecule has 9 heteroatoms. The molecule has 1 heterocycles. The van der Waals surface area contributed by atoms with Gasteiger partial charge in [-0.1, -0.05) is 42.8 Å². The highest BCUT2D eigenvalue weighted by molar-refractivity contribution is 8.00. The van der Waals surface area contributed by atoms with E-state index in [0.717, 1.165) is 12.0 Å². The van der Waals surface area contributed by atoms with Crippen LogP contribution in [0.5, 0.6) is 17.2 Å². The number of carbonyl (C=O) groups is 1. The molecule has 0 aliphatic heterocycles. The minimum Gasteiger partial charge on any atom is -0.493 e. The van der Waals surface area contributed by atoms with Crippen LogP contribution < -0.4 is 19.8 Å². The molecule has 0 N–H and O–H groups in total. The van der Waals surface area contributed by atoms with Crippen LogP contribution in [0.4, 0.5) is 0 Å². The van der Waals surface area contributed by atoms with Crippen molar-refractivity contribution in [3.05, 3.63) is 46.2 Å². The SMILES string of the molecule is CCC[C@H](Sc1nc2c(OC)c(OC)c(OC)cc2c(=O)n1-c1ccc(C)cc1)C(=O)OCC. The van der Waals surface area contributed by atoms with E-state index in [4.69, 9.17) is 23.9 Å². The van der Waals surface area contributed by atoms with Gasteiger partial charge in [-0.25, -0.2) is 4.98 Å². The predicted octanol–water partition coefficient (Wildman–Crippen LogP) is 4.54. The van der Waals surface area contributed by atoms with E-state index in [-0.39, 0.29) is 23.9 Å². The summed E-state index contributed by atoms with van der Waals surface area (Å²) < 4.78 is 23.3. The molecule has 0 aliphatic rings. The van der Waals surface area contributed by atoms with E-state index in [9.17, 15) is 9.59 Å². The second kappa shape index (κ2) is 11.3. The number of carbonyl (C=O) groups excluding carboxylic acids is 1. The van der Waals surface area contributed by atoms with Crippen molar-refractivity contribution in [2.45, 2.75) is 44.0 Å². The van der Waals surface area contributed by atoms with E-state index in [1.54, 1.807) is 13.0 Å². The average Bonchev–Trinajstić information content (AvgIpc) is 2.83. The number of methoxy groups -OCH3 is 3. The Kier molecular flexibility index (Phi) is 8.44. The smallest absolute Gasteiger partial charge is 0.319 e. The lowest BCUT2D eigenvalue weighted by Crippen LogP contribution is -2.26. The highest BCUT2D eigenvalue weighted by Crippen LogP contribution is 2.42. The molecule has 0 aliphatic carbocycles. The fourth-order valence-electron chi connectivity index (χ4n) is 3.62. The summed E-state index contributed by atoms with van der Waals surface area (Å²) in [5.74, 6) is 0.648. The Morgan fingerprint density at radius 2 is 1.74 bits per heavy atom. The molecule has 8 nitrogen and oxygen atoms in total. The molecule has 0 fully saturated rings. The maximum absolute atomic E-state index is 13.8. The summed E-state index contributed by atoms with van der Waals surface area (Å²) in [6.07, 6.45) is 1.35. The highest BCUT2D eigenvalue weighted by atomic mass is 32.2. The van der Waals surface area contributed by atoms with Crippen LogP contribution in [0, 0.1) is 6.92 Å². The van der Waals surface area contributed by atoms with Crippen LogP contribution in [0.1, 0.15) is 32.3 Å². The Labute approximate surface area is 203 Å². The zero-order chi connectivity index (χ0) is 24.8. The maximum atomic E-state index is 13.8. The molecular weight excluding hydrogens is 456 g/mol. The second-order valence-electron chi connectivity index (χ2n) is 7.56. The maximum Gasteiger partial charge on any atom is 0.319 e. The molecule has 3 aromatic rings. The summed E-state index contributed by atoms with van der Waals surface area (Å²) >= 11 is 1.21. The van der Waals surface area contributed by atoms with E-state index in [1.165, 1.54) is 37.7 Å². The van der Waals surface area contributed by atoms with Gasteiger partial charge in [-0.15, -0.1) is 0 Å². The van der Waals surface area contributed by atoms with Crippen LogP contribution in [-0.4, -0.2) is 48.7 Å². The number of benzene rings is 2. The molecule has 34 heavy (non-hydrogen) atoms. The van der Waals surface area contributed by atoms with Crippen LogP contribution in [0.25, 0.3) is 16.6 Å². The lowest BCUT2D eigenvalue weighted by molar-refractivity contribution is -0.142. The van der Waals surface area contributed by atoms with Gasteiger partial charge < -0.3 is 18.9 Å². The Morgan fingerprint density at radius 3 is 2.29 bits per heavy atom. The fourth-order valence-corrected chi connectivity index (χ4v) is 4.83. The molecule has 2 aromatic carbocycles. The van der Waals surface area contributed by atoms with Gasteiger partial charge in [-0.05, 0) is 38.5 Å². The summed E-state index contributed by atoms with van der Waals surface area (Å²) in [5.41, 5.74) is 1.72. The van der Waals surface area contributed by atoms with Gasteiger partial charge in [0.15, 0.2) is 16.7 Å². The van der Waals surface area contributed by atoms with E-state index < -0.39 is 5.25 Å². The first-order chi connectivity index (χ1) is 16.4. The minimum absolute atomic E-state index is 0.278. The Bertz CT molecular complexity index is 1220. The number of esters is 1. The molecule has 1 atom stereocenters. The number of aryl methyl sites for hydroxylation is 1. The van der Waals surface area contributed by atoms with E-state index in [2.05, 4.69) is 0 Å². The van der Waals surface area contributed by atoms with Gasteiger partial charge in [0, 0.05) is 0 Å². The average molecular weight is 487 g/mol. The molecule has 1 aromatic heterocycles. The van der Waals surface area contributed by atoms with Crippen molar-refractivity contribution < 1.29 is 23.7 Å². The van der Waals surface area contributed by atoms with Gasteiger partial charge in [0.2, 0.25) is 5.75 Å². The van der Waals surface area contributed by atoms with Crippen LogP contribution >= 0.6 is 11.8 Å². The number of thioether (sulfide) groups is 1. The van der Waals surface area contributed by atoms with Crippen LogP contribution in [0.3, 0.4) is 0 Å². The number of fused-ring (bicyclic) bond motifs is 1. The van der Waals surface area contributed by atoms with E-state index in [0.29, 0.717) is 39.7 Å². The number of nitrogens with zero attached hydrogens (tertiary/aromatic N) is 2. The van der Waals surface area contributed by atoms with Gasteiger partial charge in [-0.3, -0.25) is 14.2 Å². The summed E-state index contributed by atoms with van der Waals surface area (Å²) in [6.45, 7) is 6.02. The molecule has 0 saturated heterocycles. The Morgan fingerprint density at radius 1 is 1.06 bits per heavy atom. The van der Waals surface area contributed by atoms with Crippen molar-refractivity contribution in [1.82, 2.24) is 9.55 Å². The predicted molar refractivity (Wildman–Crippen MR) is 133 cm³/mol. The van der Waals surface area contributed by atoms with Gasteiger partial charge in [0.1, 0.15) is 10.8 Å². The third kappa shape index (κ3) is 4.99. The minimum atomic E-state index is -0.517. The topological polar surface area (TPSA) is 88.9 Å². The van der Waals surface area contributed by atoms with Gasteiger partial charge in [0.05, 0.1) is 39.0 Å². The normalized spacial score (nSPS) is 11.8. The first-order valence-electron chi connectivity index (χ1n) is 11.1. The summed E-state index contributed by atoms with van der Waals surface area (Å²) in [4.78, 5) is 31.3. The third-order valence-corrected chi connectivity index (χ3v) is 6.47. The van der Waals surface area contributed by atoms with Crippen molar-refractivity contribution in [1.29, 1.82) is 0 Å². The van der Waals surface area contributed by atoms with Crippen molar-refractivity contribution in [3.63, 3.8) is 0 Å². The molecule has 3 rings (SSSR count). The standard InChI is InChI=1S/C25H30N2O6S/c1-7-9-19(24(29)33-8-2)34-25-26-20-17(14-18(30-4)21(31-5)22(20)32-6)23(28)27(25)16-12-10-15(3)11-13-16/h10-14,19H,7-9H2,1-6H3/t19-/m0/s1. The molecule has 0 unspecified atom stereocenters. The Balaban J connectivity index is 2.35. The molecule has 0 radical (unpaired) electrons. The molecule has 182 valence electrons. The number of aromatic nitrogens is 2. The van der Waals surface area contributed by atoms with Gasteiger partial charge in [-0.2, -0.15) is 0 Å². The Hall–Kier alpha value is -3.20. The second-order valence-corrected chi connectivity index (χ2v) is 8.73. The van der Waals surface area contributed by atoms with Crippen LogP contribution in [0.15, 0.2) is 40.3 Å². The third-order valence-electron chi connectivity index (χ3n) is 5.28. The molecule has 0 bridgehead atoms. The van der Waals surface area contributed by atoms with E-state index >= 15 is 0 Å². The molecule has 0 amide bonds. The fraction of sp³-hybridized carbons (Fsp3) is 0.400. The van der Waals surface area contributed by atoms with E-state index in [1.807, 2.05) is 38.1 Å². The quantitative estimate of drug-likeness (QED) is 0.234. The molecular formula is C25H30N2O6S. The monoisotopic (exact) mass is 486 g/mol. The van der Waals surface area contributed by atoms with Crippen molar-refractivity contribution in [3.8, 4) is 22.9 Å². The number of hydrogen-bond donors (Lipinski definition) is 0. The lowest BCUT2D eigenvalue weighted by Gasteiger charge is -2.20. The largest absolute Gasteiger partial charge is 0.493 e. The number of rotatable bonds is 10. The van der Waals surface area contributed by atoms with Gasteiger partial charge >= 0.3 is 5.97 Å². The highest BCUT2D eigenvalue weighted by Gasteiger charge is 2.27. The zero-order valence-corrected chi connectivity index (χ0v) is 21.2. The first-order valence-corrected chi connectivity index (χ1v) is 11.9. The van der Waals surface area contributed by atoms with Crippen molar-refractivity contribution in [2.24, 2.45) is 0 Å². The van der Waals surface area contributed by atoms with Crippen molar-refractivity contribution in [2.75, 3.05) is 27.9 Å². The van der Waals surface area contributed by atoms with Gasteiger partial charge in [0.25, 0.3) is 5.56 Å². The summed E-state index contributed by atoms with van der Waals surface area (Å²) in [7, 11) is 4.47. The van der Waals surface area contributed by atoms with Crippen LogP contribution in [-0.2, 0) is 9.53 Å². The lowest BCUT2D eigenvalue weighted by atomic mass is 10.2.